The van der Waals surface area contributed by atoms with Crippen molar-refractivity contribution < 1.29 is 4.74 Å². The Bertz CT molecular complexity index is 226. The minimum absolute atomic E-state index is 0.377. The first-order valence-corrected chi connectivity index (χ1v) is 7.28. The van der Waals surface area contributed by atoms with Gasteiger partial charge in [0, 0.05) is 31.2 Å². The predicted octanol–water partition coefficient (Wildman–Crippen LogP) is 1.88. The van der Waals surface area contributed by atoms with E-state index in [9.17, 15) is 0 Å². The molecule has 2 rings (SSSR count). The van der Waals surface area contributed by atoms with E-state index >= 15 is 0 Å². The lowest BCUT2D eigenvalue weighted by atomic mass is 9.85. The number of rotatable bonds is 5. The Morgan fingerprint density at radius 3 is 2.94 bits per heavy atom. The zero-order chi connectivity index (χ0) is 12.1. The van der Waals surface area contributed by atoms with Crippen LogP contribution in [0.15, 0.2) is 0 Å². The minimum atomic E-state index is 0.377. The van der Waals surface area contributed by atoms with Gasteiger partial charge in [-0.15, -0.1) is 0 Å². The van der Waals surface area contributed by atoms with E-state index in [0.29, 0.717) is 5.41 Å². The summed E-state index contributed by atoms with van der Waals surface area (Å²) in [6, 6.07) is 0.767. The van der Waals surface area contributed by atoms with E-state index in [4.69, 9.17) is 4.74 Å². The third-order valence-electron chi connectivity index (χ3n) is 4.41. The lowest BCUT2D eigenvalue weighted by Crippen LogP contribution is -2.49. The Morgan fingerprint density at radius 2 is 2.29 bits per heavy atom. The van der Waals surface area contributed by atoms with E-state index in [2.05, 4.69) is 24.1 Å². The van der Waals surface area contributed by atoms with E-state index in [1.54, 1.807) is 0 Å². The summed E-state index contributed by atoms with van der Waals surface area (Å²) in [6.07, 6.45) is 5.39. The molecule has 100 valence electrons. The molecule has 0 saturated carbocycles. The summed E-state index contributed by atoms with van der Waals surface area (Å²) in [5, 5.41) is 3.53. The predicted molar refractivity (Wildman–Crippen MR) is 71.3 cm³/mol. The van der Waals surface area contributed by atoms with Crippen LogP contribution in [0.4, 0.5) is 0 Å². The number of nitrogens with zero attached hydrogens (tertiary/aromatic N) is 1. The van der Waals surface area contributed by atoms with E-state index in [-0.39, 0.29) is 0 Å². The molecule has 2 heterocycles. The highest BCUT2D eigenvalue weighted by Crippen LogP contribution is 2.31. The molecule has 0 bridgehead atoms. The third kappa shape index (κ3) is 3.43. The maximum Gasteiger partial charge on any atom is 0.0547 e. The molecular weight excluding hydrogens is 212 g/mol. The molecule has 2 fully saturated rings. The van der Waals surface area contributed by atoms with Gasteiger partial charge in [-0.1, -0.05) is 13.3 Å². The molecule has 2 unspecified atom stereocenters. The summed E-state index contributed by atoms with van der Waals surface area (Å²) in [5.41, 5.74) is 0.377. The first-order valence-electron chi connectivity index (χ1n) is 7.28. The molecule has 17 heavy (non-hydrogen) atoms. The van der Waals surface area contributed by atoms with Crippen molar-refractivity contribution >= 4 is 0 Å². The van der Waals surface area contributed by atoms with E-state index in [1.165, 1.54) is 38.8 Å². The van der Waals surface area contributed by atoms with Crippen molar-refractivity contribution in [2.45, 2.75) is 45.6 Å². The Morgan fingerprint density at radius 1 is 1.41 bits per heavy atom. The van der Waals surface area contributed by atoms with Crippen LogP contribution in [0.2, 0.25) is 0 Å². The highest BCUT2D eigenvalue weighted by Gasteiger charge is 2.37. The van der Waals surface area contributed by atoms with Crippen LogP contribution in [-0.4, -0.2) is 50.3 Å². The highest BCUT2D eigenvalue weighted by atomic mass is 16.5. The fourth-order valence-corrected chi connectivity index (χ4v) is 3.18. The second kappa shape index (κ2) is 6.17. The number of ether oxygens (including phenoxy) is 1. The maximum absolute atomic E-state index is 5.67. The lowest BCUT2D eigenvalue weighted by molar-refractivity contribution is 0.0720. The van der Waals surface area contributed by atoms with Gasteiger partial charge in [-0.2, -0.15) is 0 Å². The normalized spacial score (nSPS) is 35.3. The van der Waals surface area contributed by atoms with Gasteiger partial charge in [0.05, 0.1) is 6.61 Å². The molecule has 0 aromatic carbocycles. The van der Waals surface area contributed by atoms with Crippen molar-refractivity contribution in [2.75, 3.05) is 39.4 Å². The van der Waals surface area contributed by atoms with Gasteiger partial charge in [0.2, 0.25) is 0 Å². The fraction of sp³-hybridized carbons (Fsp3) is 1.00. The Labute approximate surface area is 106 Å². The van der Waals surface area contributed by atoms with Crippen LogP contribution in [0.1, 0.15) is 39.5 Å². The molecule has 0 aliphatic carbocycles. The molecule has 2 aliphatic heterocycles. The lowest BCUT2D eigenvalue weighted by Gasteiger charge is -2.40. The molecule has 0 aromatic heterocycles. The molecular formula is C14H28N2O. The second-order valence-electron chi connectivity index (χ2n) is 5.90. The maximum atomic E-state index is 5.67. The van der Waals surface area contributed by atoms with Gasteiger partial charge in [0.1, 0.15) is 0 Å². The first kappa shape index (κ1) is 13.3. The van der Waals surface area contributed by atoms with Crippen LogP contribution in [0, 0.1) is 5.41 Å². The Balaban J connectivity index is 1.91. The summed E-state index contributed by atoms with van der Waals surface area (Å²) < 4.78 is 5.67. The van der Waals surface area contributed by atoms with Gasteiger partial charge in [-0.25, -0.2) is 0 Å². The van der Waals surface area contributed by atoms with Crippen molar-refractivity contribution in [3.05, 3.63) is 0 Å². The molecule has 0 amide bonds. The molecule has 0 spiro atoms. The SMILES string of the molecule is CCNCC1(CN2CCCCC2C)CCOC1. The Kier molecular flexibility index (Phi) is 4.83. The van der Waals surface area contributed by atoms with E-state index < -0.39 is 0 Å². The van der Waals surface area contributed by atoms with Crippen LogP contribution >= 0.6 is 0 Å². The fourth-order valence-electron chi connectivity index (χ4n) is 3.18. The number of piperidine rings is 1. The largest absolute Gasteiger partial charge is 0.381 e. The summed E-state index contributed by atoms with van der Waals surface area (Å²) in [5.74, 6) is 0. The first-order chi connectivity index (χ1) is 8.26. The zero-order valence-corrected chi connectivity index (χ0v) is 11.5. The number of hydrogen-bond acceptors (Lipinski definition) is 3. The van der Waals surface area contributed by atoms with Crippen molar-refractivity contribution in [3.8, 4) is 0 Å². The van der Waals surface area contributed by atoms with Crippen LogP contribution in [-0.2, 0) is 4.74 Å². The van der Waals surface area contributed by atoms with Crippen LogP contribution in [0.3, 0.4) is 0 Å². The van der Waals surface area contributed by atoms with Crippen molar-refractivity contribution in [1.29, 1.82) is 0 Å². The number of nitrogens with one attached hydrogen (secondary N) is 1. The minimum Gasteiger partial charge on any atom is -0.381 e. The number of hydrogen-bond donors (Lipinski definition) is 1. The highest BCUT2D eigenvalue weighted by molar-refractivity contribution is 4.90. The topological polar surface area (TPSA) is 24.5 Å². The summed E-state index contributed by atoms with van der Waals surface area (Å²) in [4.78, 5) is 2.69. The third-order valence-corrected chi connectivity index (χ3v) is 4.41. The van der Waals surface area contributed by atoms with Gasteiger partial charge in [0.15, 0.2) is 0 Å². The number of likely N-dealkylation sites (tertiary alicyclic amines) is 1. The van der Waals surface area contributed by atoms with E-state index in [1.807, 2.05) is 0 Å². The second-order valence-corrected chi connectivity index (χ2v) is 5.90. The molecule has 2 atom stereocenters. The quantitative estimate of drug-likeness (QED) is 0.794. The smallest absolute Gasteiger partial charge is 0.0547 e. The van der Waals surface area contributed by atoms with Gasteiger partial charge in [-0.3, -0.25) is 4.90 Å². The molecule has 3 nitrogen and oxygen atoms in total. The summed E-state index contributed by atoms with van der Waals surface area (Å²) in [7, 11) is 0. The van der Waals surface area contributed by atoms with Crippen LogP contribution in [0.5, 0.6) is 0 Å². The molecule has 0 aromatic rings. The molecule has 3 heteroatoms. The summed E-state index contributed by atoms with van der Waals surface area (Å²) >= 11 is 0. The van der Waals surface area contributed by atoms with Gasteiger partial charge >= 0.3 is 0 Å². The van der Waals surface area contributed by atoms with Gasteiger partial charge in [0.25, 0.3) is 0 Å². The van der Waals surface area contributed by atoms with Gasteiger partial charge in [-0.05, 0) is 39.3 Å². The standard InChI is InChI=1S/C14H28N2O/c1-3-15-10-14(7-9-17-12-14)11-16-8-5-4-6-13(16)2/h13,15H,3-12H2,1-2H3. The van der Waals surface area contributed by atoms with Gasteiger partial charge < -0.3 is 10.1 Å². The molecule has 2 saturated heterocycles. The molecule has 1 N–H and O–H groups in total. The summed E-state index contributed by atoms with van der Waals surface area (Å²) in [6.45, 7) is 11.2. The molecule has 0 radical (unpaired) electrons. The van der Waals surface area contributed by atoms with Crippen molar-refractivity contribution in [2.24, 2.45) is 5.41 Å². The van der Waals surface area contributed by atoms with Crippen LogP contribution in [0.25, 0.3) is 0 Å². The average Bonchev–Trinajstić information content (AvgIpc) is 2.79. The van der Waals surface area contributed by atoms with Crippen molar-refractivity contribution in [1.82, 2.24) is 10.2 Å². The van der Waals surface area contributed by atoms with E-state index in [0.717, 1.165) is 32.3 Å². The van der Waals surface area contributed by atoms with Crippen LogP contribution < -0.4 is 5.32 Å². The Hall–Kier alpha value is -0.120. The monoisotopic (exact) mass is 240 g/mol. The zero-order valence-electron chi connectivity index (χ0n) is 11.5. The molecule has 2 aliphatic rings. The van der Waals surface area contributed by atoms with Crippen molar-refractivity contribution in [3.63, 3.8) is 0 Å². The average molecular weight is 240 g/mol.